The van der Waals surface area contributed by atoms with Crippen LogP contribution in [0.4, 0.5) is 17.2 Å². The van der Waals surface area contributed by atoms with Crippen molar-refractivity contribution in [1.82, 2.24) is 10.2 Å². The van der Waals surface area contributed by atoms with Crippen molar-refractivity contribution in [1.29, 1.82) is 0 Å². The van der Waals surface area contributed by atoms with Crippen LogP contribution in [0.3, 0.4) is 0 Å². The van der Waals surface area contributed by atoms with E-state index in [0.29, 0.717) is 22.8 Å². The van der Waals surface area contributed by atoms with Gasteiger partial charge in [0.05, 0.1) is 18.4 Å². The lowest BCUT2D eigenvalue weighted by atomic mass is 10.2. The first-order valence-corrected chi connectivity index (χ1v) is 7.82. The van der Waals surface area contributed by atoms with Crippen LogP contribution in [0.25, 0.3) is 0 Å². The molecule has 0 aliphatic rings. The lowest BCUT2D eigenvalue weighted by Gasteiger charge is -2.10. The van der Waals surface area contributed by atoms with Crippen LogP contribution in [-0.2, 0) is 4.74 Å². The van der Waals surface area contributed by atoms with E-state index in [9.17, 15) is 9.59 Å². The van der Waals surface area contributed by atoms with E-state index in [0.717, 1.165) is 0 Å². The van der Waals surface area contributed by atoms with Gasteiger partial charge in [-0.2, -0.15) is 0 Å². The molecular formula is C19H16N4O3. The summed E-state index contributed by atoms with van der Waals surface area (Å²) in [7, 11) is 1.32. The minimum absolute atomic E-state index is 0.181. The number of hydrogen-bond acceptors (Lipinski definition) is 6. The van der Waals surface area contributed by atoms with Crippen molar-refractivity contribution in [2.45, 2.75) is 0 Å². The number of esters is 1. The number of anilines is 3. The van der Waals surface area contributed by atoms with Crippen LogP contribution >= 0.6 is 0 Å². The standard InChI is InChI=1S/C19H16N4O3/c1-26-19(25)14-9-5-6-10-15(14)21-17-12-11-16(22-23-17)18(24)20-13-7-3-2-4-8-13/h2-12H,1H3,(H,20,24)(H,21,23). The molecule has 3 aromatic rings. The molecular weight excluding hydrogens is 332 g/mol. The van der Waals surface area contributed by atoms with E-state index in [1.807, 2.05) is 18.2 Å². The molecule has 0 atom stereocenters. The Bertz CT molecular complexity index is 912. The number of nitrogens with zero attached hydrogens (tertiary/aromatic N) is 2. The molecule has 0 aliphatic carbocycles. The Kier molecular flexibility index (Phi) is 5.19. The minimum Gasteiger partial charge on any atom is -0.465 e. The summed E-state index contributed by atoms with van der Waals surface area (Å²) in [6.07, 6.45) is 0. The van der Waals surface area contributed by atoms with Crippen LogP contribution in [0.5, 0.6) is 0 Å². The molecule has 2 N–H and O–H groups in total. The lowest BCUT2D eigenvalue weighted by Crippen LogP contribution is -2.14. The average Bonchev–Trinajstić information content (AvgIpc) is 2.69. The first-order valence-electron chi connectivity index (χ1n) is 7.82. The fourth-order valence-electron chi connectivity index (χ4n) is 2.25. The van der Waals surface area contributed by atoms with E-state index in [1.165, 1.54) is 7.11 Å². The molecule has 0 spiro atoms. The Morgan fingerprint density at radius 3 is 2.31 bits per heavy atom. The topological polar surface area (TPSA) is 93.2 Å². The molecule has 1 amide bonds. The summed E-state index contributed by atoms with van der Waals surface area (Å²) in [6.45, 7) is 0. The van der Waals surface area contributed by atoms with Crippen LogP contribution in [0, 0.1) is 0 Å². The van der Waals surface area contributed by atoms with Gasteiger partial charge in [-0.1, -0.05) is 30.3 Å². The molecule has 2 aromatic carbocycles. The van der Waals surface area contributed by atoms with Gasteiger partial charge in [-0.3, -0.25) is 4.79 Å². The van der Waals surface area contributed by atoms with Crippen molar-refractivity contribution < 1.29 is 14.3 Å². The molecule has 26 heavy (non-hydrogen) atoms. The van der Waals surface area contributed by atoms with Gasteiger partial charge in [-0.25, -0.2) is 4.79 Å². The van der Waals surface area contributed by atoms with Crippen molar-refractivity contribution in [3.8, 4) is 0 Å². The number of para-hydroxylation sites is 2. The maximum Gasteiger partial charge on any atom is 0.339 e. The van der Waals surface area contributed by atoms with Gasteiger partial charge in [-0.05, 0) is 36.4 Å². The van der Waals surface area contributed by atoms with E-state index in [-0.39, 0.29) is 11.6 Å². The monoisotopic (exact) mass is 348 g/mol. The van der Waals surface area contributed by atoms with Crippen molar-refractivity contribution >= 4 is 29.1 Å². The molecule has 130 valence electrons. The van der Waals surface area contributed by atoms with Gasteiger partial charge in [-0.15, -0.1) is 10.2 Å². The third-order valence-electron chi connectivity index (χ3n) is 3.52. The van der Waals surface area contributed by atoms with E-state index >= 15 is 0 Å². The molecule has 0 aliphatic heterocycles. The number of nitrogens with one attached hydrogen (secondary N) is 2. The Hall–Kier alpha value is -3.74. The summed E-state index contributed by atoms with van der Waals surface area (Å²) < 4.78 is 4.75. The number of carbonyl (C=O) groups excluding carboxylic acids is 2. The van der Waals surface area contributed by atoms with Crippen molar-refractivity contribution in [2.24, 2.45) is 0 Å². The van der Waals surface area contributed by atoms with Gasteiger partial charge >= 0.3 is 5.97 Å². The highest BCUT2D eigenvalue weighted by molar-refractivity contribution is 6.02. The number of amides is 1. The summed E-state index contributed by atoms with van der Waals surface area (Å²) in [5.74, 6) is -0.414. The molecule has 3 rings (SSSR count). The number of carbonyl (C=O) groups is 2. The highest BCUT2D eigenvalue weighted by atomic mass is 16.5. The SMILES string of the molecule is COC(=O)c1ccccc1Nc1ccc(C(=O)Nc2ccccc2)nn1. The maximum absolute atomic E-state index is 12.2. The number of hydrogen-bond donors (Lipinski definition) is 2. The van der Waals surface area contributed by atoms with E-state index in [2.05, 4.69) is 20.8 Å². The second-order valence-electron chi connectivity index (χ2n) is 5.29. The summed E-state index contributed by atoms with van der Waals surface area (Å²) in [5.41, 5.74) is 1.77. The molecule has 1 aromatic heterocycles. The fourth-order valence-corrected chi connectivity index (χ4v) is 2.25. The van der Waals surface area contributed by atoms with Crippen molar-refractivity contribution in [3.63, 3.8) is 0 Å². The lowest BCUT2D eigenvalue weighted by molar-refractivity contribution is 0.0601. The zero-order chi connectivity index (χ0) is 18.4. The van der Waals surface area contributed by atoms with Gasteiger partial charge in [0, 0.05) is 5.69 Å². The van der Waals surface area contributed by atoms with Gasteiger partial charge < -0.3 is 15.4 Å². The second-order valence-corrected chi connectivity index (χ2v) is 5.29. The predicted octanol–water partition coefficient (Wildman–Crippen LogP) is 3.26. The molecule has 0 fully saturated rings. The van der Waals surface area contributed by atoms with Crippen molar-refractivity contribution in [3.05, 3.63) is 78.0 Å². The minimum atomic E-state index is -0.458. The van der Waals surface area contributed by atoms with E-state index in [1.54, 1.807) is 48.5 Å². The van der Waals surface area contributed by atoms with Gasteiger partial charge in [0.15, 0.2) is 11.5 Å². The second kappa shape index (κ2) is 7.89. The van der Waals surface area contributed by atoms with Crippen LogP contribution in [0.15, 0.2) is 66.7 Å². The van der Waals surface area contributed by atoms with Crippen LogP contribution in [-0.4, -0.2) is 29.2 Å². The Morgan fingerprint density at radius 1 is 0.885 bits per heavy atom. The predicted molar refractivity (Wildman–Crippen MR) is 97.5 cm³/mol. The molecule has 1 heterocycles. The Morgan fingerprint density at radius 2 is 1.62 bits per heavy atom. The summed E-state index contributed by atoms with van der Waals surface area (Å²) in [5, 5.41) is 13.6. The summed E-state index contributed by atoms with van der Waals surface area (Å²) >= 11 is 0. The first-order chi connectivity index (χ1) is 12.7. The molecule has 0 saturated carbocycles. The van der Waals surface area contributed by atoms with Crippen molar-refractivity contribution in [2.75, 3.05) is 17.7 Å². The van der Waals surface area contributed by atoms with Crippen LogP contribution < -0.4 is 10.6 Å². The molecule has 7 heteroatoms. The third-order valence-corrected chi connectivity index (χ3v) is 3.52. The smallest absolute Gasteiger partial charge is 0.339 e. The largest absolute Gasteiger partial charge is 0.465 e. The number of benzene rings is 2. The maximum atomic E-state index is 12.2. The third kappa shape index (κ3) is 4.02. The fraction of sp³-hybridized carbons (Fsp3) is 0.0526. The Balaban J connectivity index is 1.72. The highest BCUT2D eigenvalue weighted by Crippen LogP contribution is 2.20. The van der Waals surface area contributed by atoms with E-state index < -0.39 is 5.97 Å². The molecule has 0 radical (unpaired) electrons. The normalized spacial score (nSPS) is 10.0. The first kappa shape index (κ1) is 17.1. The number of ether oxygens (including phenoxy) is 1. The summed E-state index contributed by atoms with van der Waals surface area (Å²) in [4.78, 5) is 24.0. The van der Waals surface area contributed by atoms with Crippen LogP contribution in [0.2, 0.25) is 0 Å². The Labute approximate surface area is 150 Å². The molecule has 7 nitrogen and oxygen atoms in total. The number of rotatable bonds is 5. The zero-order valence-electron chi connectivity index (χ0n) is 14.0. The highest BCUT2D eigenvalue weighted by Gasteiger charge is 2.13. The zero-order valence-corrected chi connectivity index (χ0v) is 14.0. The van der Waals surface area contributed by atoms with E-state index in [4.69, 9.17) is 4.74 Å². The molecule has 0 unspecified atom stereocenters. The van der Waals surface area contributed by atoms with Gasteiger partial charge in [0.1, 0.15) is 0 Å². The van der Waals surface area contributed by atoms with Crippen LogP contribution in [0.1, 0.15) is 20.8 Å². The summed E-state index contributed by atoms with van der Waals surface area (Å²) in [6, 6.07) is 19.1. The van der Waals surface area contributed by atoms with Gasteiger partial charge in [0.2, 0.25) is 0 Å². The average molecular weight is 348 g/mol. The number of methoxy groups -OCH3 is 1. The van der Waals surface area contributed by atoms with Gasteiger partial charge in [0.25, 0.3) is 5.91 Å². The quantitative estimate of drug-likeness (QED) is 0.688. The molecule has 0 bridgehead atoms. The molecule has 0 saturated heterocycles. The number of aromatic nitrogens is 2.